The van der Waals surface area contributed by atoms with Gasteiger partial charge in [0, 0.05) is 48.0 Å². The molecule has 7 nitrogen and oxygen atoms in total. The highest BCUT2D eigenvalue weighted by Gasteiger charge is 2.14. The molecule has 4 rings (SSSR count). The lowest BCUT2D eigenvalue weighted by Crippen LogP contribution is -2.26. The van der Waals surface area contributed by atoms with Gasteiger partial charge in [0.1, 0.15) is 19.8 Å². The number of rotatable bonds is 9. The van der Waals surface area contributed by atoms with Crippen molar-refractivity contribution >= 4 is 23.8 Å². The van der Waals surface area contributed by atoms with E-state index < -0.39 is 0 Å². The third kappa shape index (κ3) is 6.54. The third-order valence-corrected chi connectivity index (χ3v) is 5.74. The Morgan fingerprint density at radius 1 is 0.778 bits per heavy atom. The van der Waals surface area contributed by atoms with Crippen LogP contribution in [0, 0.1) is 0 Å². The fourth-order valence-electron chi connectivity index (χ4n) is 3.64. The lowest BCUT2D eigenvalue weighted by atomic mass is 10.1. The second kappa shape index (κ2) is 11.8. The number of methoxy groups -OCH3 is 1. The minimum atomic E-state index is 0.536. The highest BCUT2D eigenvalue weighted by atomic mass is 16.5. The summed E-state index contributed by atoms with van der Waals surface area (Å²) in [6.45, 7) is 0.536. The van der Waals surface area contributed by atoms with Crippen LogP contribution in [0.25, 0.3) is 0 Å². The van der Waals surface area contributed by atoms with Crippen LogP contribution >= 0.6 is 0 Å². The van der Waals surface area contributed by atoms with Crippen LogP contribution in [0.2, 0.25) is 0 Å². The van der Waals surface area contributed by atoms with Crippen molar-refractivity contribution in [3.63, 3.8) is 0 Å². The minimum Gasteiger partial charge on any atom is -0.497 e. The largest absolute Gasteiger partial charge is 0.497 e. The Morgan fingerprint density at radius 3 is 1.94 bits per heavy atom. The van der Waals surface area contributed by atoms with Gasteiger partial charge in [-0.05, 0) is 30.3 Å². The molecule has 0 aliphatic heterocycles. The van der Waals surface area contributed by atoms with Gasteiger partial charge in [-0.25, -0.2) is 9.13 Å². The van der Waals surface area contributed by atoms with Crippen LogP contribution in [0.15, 0.2) is 108 Å². The summed E-state index contributed by atoms with van der Waals surface area (Å²) in [7, 11) is 7.62. The van der Waals surface area contributed by atoms with Crippen molar-refractivity contribution in [3.8, 4) is 5.75 Å². The van der Waals surface area contributed by atoms with Crippen molar-refractivity contribution < 1.29 is 13.9 Å². The van der Waals surface area contributed by atoms with Crippen LogP contribution in [-0.2, 0) is 20.6 Å². The van der Waals surface area contributed by atoms with Crippen molar-refractivity contribution in [1.29, 1.82) is 0 Å². The number of hydrogen-bond donors (Lipinski definition) is 0. The van der Waals surface area contributed by atoms with E-state index in [1.54, 1.807) is 7.11 Å². The number of pyridine rings is 2. The SMILES string of the molecule is COc1ccc(N(C)N=Cc2cc[n+](C)cc2)c(CN(N=Cc2cc[n+](C)cc2)c2ccccc2)c1. The van der Waals surface area contributed by atoms with Gasteiger partial charge in [0.15, 0.2) is 24.8 Å². The van der Waals surface area contributed by atoms with E-state index in [0.717, 1.165) is 33.8 Å². The number of anilines is 2. The van der Waals surface area contributed by atoms with E-state index in [2.05, 4.69) is 12.1 Å². The fourth-order valence-corrected chi connectivity index (χ4v) is 3.64. The molecule has 2 aromatic carbocycles. The molecular weight excluding hydrogens is 448 g/mol. The number of aromatic nitrogens is 2. The Morgan fingerprint density at radius 2 is 1.36 bits per heavy atom. The van der Waals surface area contributed by atoms with Gasteiger partial charge in [0.25, 0.3) is 0 Å². The standard InChI is InChI=1S/C29H32N6O/c1-32-16-12-24(13-17-32)21-30-34(3)29-11-10-28(36-4)20-26(29)23-35(27-8-6-5-7-9-27)31-22-25-14-18-33(2)19-15-25/h5-22H,23H2,1-4H3/q+2. The first-order chi connectivity index (χ1) is 17.5. The number of para-hydroxylation sites is 1. The van der Waals surface area contributed by atoms with Crippen LogP contribution in [0.1, 0.15) is 16.7 Å². The first-order valence-electron chi connectivity index (χ1n) is 11.7. The van der Waals surface area contributed by atoms with Gasteiger partial charge >= 0.3 is 0 Å². The van der Waals surface area contributed by atoms with E-state index in [9.17, 15) is 0 Å². The number of nitrogens with zero attached hydrogens (tertiary/aromatic N) is 6. The summed E-state index contributed by atoms with van der Waals surface area (Å²) in [6.07, 6.45) is 11.8. The van der Waals surface area contributed by atoms with Crippen LogP contribution < -0.4 is 23.9 Å². The predicted molar refractivity (Wildman–Crippen MR) is 144 cm³/mol. The number of hydrazone groups is 2. The molecule has 0 bridgehead atoms. The van der Waals surface area contributed by atoms with Crippen molar-refractivity contribution in [2.45, 2.75) is 6.54 Å². The summed E-state index contributed by atoms with van der Waals surface area (Å²) in [5.74, 6) is 0.786. The molecular formula is C29H32N6O+2. The predicted octanol–water partition coefficient (Wildman–Crippen LogP) is 3.86. The van der Waals surface area contributed by atoms with Crippen molar-refractivity contribution in [1.82, 2.24) is 0 Å². The summed E-state index contributed by atoms with van der Waals surface area (Å²) in [5, 5.41) is 13.4. The van der Waals surface area contributed by atoms with Gasteiger partial charge in [-0.15, -0.1) is 0 Å². The quantitative estimate of drug-likeness (QED) is 0.208. The normalized spacial score (nSPS) is 11.2. The van der Waals surface area contributed by atoms with E-state index in [-0.39, 0.29) is 0 Å². The molecule has 7 heteroatoms. The Kier molecular flexibility index (Phi) is 8.03. The third-order valence-electron chi connectivity index (χ3n) is 5.74. The minimum absolute atomic E-state index is 0.536. The molecule has 0 aliphatic carbocycles. The Bertz CT molecular complexity index is 1320. The topological polar surface area (TPSA) is 48.2 Å². The average molecular weight is 481 g/mol. The Hall–Kier alpha value is -4.52. The maximum absolute atomic E-state index is 5.54. The molecule has 36 heavy (non-hydrogen) atoms. The molecule has 4 aromatic rings. The maximum atomic E-state index is 5.54. The van der Waals surface area contributed by atoms with E-state index in [4.69, 9.17) is 14.9 Å². The molecule has 182 valence electrons. The number of aryl methyl sites for hydroxylation is 2. The van der Waals surface area contributed by atoms with E-state index in [1.165, 1.54) is 0 Å². The van der Waals surface area contributed by atoms with E-state index in [1.807, 2.05) is 138 Å². The lowest BCUT2D eigenvalue weighted by Gasteiger charge is -2.24. The monoisotopic (exact) mass is 480 g/mol. The zero-order valence-corrected chi connectivity index (χ0v) is 21.2. The summed E-state index contributed by atoms with van der Waals surface area (Å²) < 4.78 is 9.54. The molecule has 0 N–H and O–H groups in total. The molecule has 2 heterocycles. The molecule has 0 fully saturated rings. The second-order valence-electron chi connectivity index (χ2n) is 8.49. The first-order valence-corrected chi connectivity index (χ1v) is 11.7. The zero-order chi connectivity index (χ0) is 25.3. The van der Waals surface area contributed by atoms with Gasteiger partial charge in [0.2, 0.25) is 0 Å². The molecule has 0 saturated carbocycles. The van der Waals surface area contributed by atoms with E-state index in [0.29, 0.717) is 6.54 Å². The fraction of sp³-hybridized carbons (Fsp3) is 0.172. The van der Waals surface area contributed by atoms with Crippen molar-refractivity contribution in [2.75, 3.05) is 24.2 Å². The van der Waals surface area contributed by atoms with Gasteiger partial charge in [-0.2, -0.15) is 10.2 Å². The highest BCUT2D eigenvalue weighted by Crippen LogP contribution is 2.28. The molecule has 0 unspecified atom stereocenters. The lowest BCUT2D eigenvalue weighted by molar-refractivity contribution is -0.671. The van der Waals surface area contributed by atoms with Crippen LogP contribution in [0.4, 0.5) is 11.4 Å². The summed E-state index contributed by atoms with van der Waals surface area (Å²) in [6, 6.07) is 24.3. The van der Waals surface area contributed by atoms with Crippen molar-refractivity contribution in [3.05, 3.63) is 114 Å². The summed E-state index contributed by atoms with van der Waals surface area (Å²) in [5.41, 5.74) is 5.05. The molecule has 0 radical (unpaired) electrons. The number of hydrogen-bond acceptors (Lipinski definition) is 5. The van der Waals surface area contributed by atoms with Crippen LogP contribution in [0.3, 0.4) is 0 Å². The average Bonchev–Trinajstić information content (AvgIpc) is 2.91. The van der Waals surface area contributed by atoms with Crippen LogP contribution in [-0.4, -0.2) is 26.6 Å². The van der Waals surface area contributed by atoms with Gasteiger partial charge < -0.3 is 4.74 Å². The second-order valence-corrected chi connectivity index (χ2v) is 8.49. The molecule has 0 saturated heterocycles. The molecule has 0 spiro atoms. The van der Waals surface area contributed by atoms with Gasteiger partial charge in [0.05, 0.1) is 37.5 Å². The van der Waals surface area contributed by atoms with Crippen LogP contribution in [0.5, 0.6) is 5.75 Å². The summed E-state index contributed by atoms with van der Waals surface area (Å²) in [4.78, 5) is 0. The molecule has 0 aliphatic rings. The highest BCUT2D eigenvalue weighted by molar-refractivity contribution is 5.80. The molecule has 0 atom stereocenters. The van der Waals surface area contributed by atoms with Gasteiger partial charge in [-0.1, -0.05) is 18.2 Å². The maximum Gasteiger partial charge on any atom is 0.169 e. The Labute approximate surface area is 212 Å². The van der Waals surface area contributed by atoms with Gasteiger partial charge in [-0.3, -0.25) is 10.0 Å². The number of ether oxygens (including phenoxy) is 1. The zero-order valence-electron chi connectivity index (χ0n) is 21.2. The summed E-state index contributed by atoms with van der Waals surface area (Å²) >= 11 is 0. The van der Waals surface area contributed by atoms with E-state index >= 15 is 0 Å². The molecule has 2 aromatic heterocycles. The smallest absolute Gasteiger partial charge is 0.169 e. The van der Waals surface area contributed by atoms with Crippen molar-refractivity contribution in [2.24, 2.45) is 24.3 Å². The Balaban J connectivity index is 1.65. The molecule has 0 amide bonds. The first kappa shape index (κ1) is 24.6. The number of benzene rings is 2.